The van der Waals surface area contributed by atoms with Crippen molar-refractivity contribution in [1.29, 1.82) is 0 Å². The van der Waals surface area contributed by atoms with Gasteiger partial charge in [-0.05, 0) is 42.7 Å². The maximum atomic E-state index is 13.7. The number of rotatable bonds is 6. The Bertz CT molecular complexity index is 1330. The van der Waals surface area contributed by atoms with Crippen molar-refractivity contribution in [2.75, 3.05) is 26.2 Å². The number of nitrogens with zero attached hydrogens (tertiary/aromatic N) is 3. The van der Waals surface area contributed by atoms with Crippen molar-refractivity contribution in [1.82, 2.24) is 14.4 Å². The zero-order valence-corrected chi connectivity index (χ0v) is 20.4. The van der Waals surface area contributed by atoms with Gasteiger partial charge < -0.3 is 14.4 Å². The summed E-state index contributed by atoms with van der Waals surface area (Å²) in [5, 5.41) is 6.53. The smallest absolute Gasteiger partial charge is 0.245 e. The molecule has 180 valence electrons. The van der Waals surface area contributed by atoms with E-state index in [0.29, 0.717) is 54.9 Å². The van der Waals surface area contributed by atoms with Gasteiger partial charge in [0, 0.05) is 49.7 Å². The molecule has 2 N–H and O–H groups in total. The molecule has 1 unspecified atom stereocenters. The molecule has 0 bridgehead atoms. The largest absolute Gasteiger partial charge is 0.339 e. The van der Waals surface area contributed by atoms with E-state index in [2.05, 4.69) is 0 Å². The Balaban J connectivity index is 1.69. The monoisotopic (exact) mass is 502 g/mol. The van der Waals surface area contributed by atoms with Crippen LogP contribution in [0.2, 0.25) is 5.02 Å². The topological polar surface area (TPSA) is 106 Å². The summed E-state index contributed by atoms with van der Waals surface area (Å²) in [6.07, 6.45) is 2.78. The van der Waals surface area contributed by atoms with Crippen LogP contribution in [-0.2, 0) is 26.0 Å². The fourth-order valence-corrected chi connectivity index (χ4v) is 5.49. The van der Waals surface area contributed by atoms with E-state index in [0.717, 1.165) is 5.56 Å². The molecule has 2 heterocycles. The van der Waals surface area contributed by atoms with Gasteiger partial charge in [-0.15, -0.1) is 0 Å². The Morgan fingerprint density at radius 1 is 1.00 bits per heavy atom. The van der Waals surface area contributed by atoms with Gasteiger partial charge in [-0.3, -0.25) is 9.59 Å². The molecule has 0 spiro atoms. The number of halogens is 1. The van der Waals surface area contributed by atoms with E-state index in [-0.39, 0.29) is 16.7 Å². The highest BCUT2D eigenvalue weighted by molar-refractivity contribution is 7.89. The second-order valence-electron chi connectivity index (χ2n) is 8.43. The number of fused-ring (bicyclic) bond motifs is 1. The standard InChI is InChI=1S/C24H27ClN4O4S/c1-17(30)27-13-15-28(16-14-27)24(31)22(10-9-18-5-2-3-6-20(18)25)29-12-11-19-21(29)7-4-8-23(19)34(26,32)33/h2-8,11-12,22H,9-10,13-16H2,1H3,(H2,26,32,33). The summed E-state index contributed by atoms with van der Waals surface area (Å²) in [5.41, 5.74) is 1.55. The Kier molecular flexibility index (Phi) is 6.97. The summed E-state index contributed by atoms with van der Waals surface area (Å²) >= 11 is 6.35. The lowest BCUT2D eigenvalue weighted by Crippen LogP contribution is -2.51. The van der Waals surface area contributed by atoms with Gasteiger partial charge in [-0.2, -0.15) is 0 Å². The predicted octanol–water partition coefficient (Wildman–Crippen LogP) is 2.81. The minimum Gasteiger partial charge on any atom is -0.339 e. The number of piperazine rings is 1. The number of amides is 2. The number of sulfonamides is 1. The van der Waals surface area contributed by atoms with Crippen molar-refractivity contribution in [3.05, 3.63) is 65.3 Å². The molecule has 4 rings (SSSR count). The van der Waals surface area contributed by atoms with Crippen LogP contribution in [0.5, 0.6) is 0 Å². The van der Waals surface area contributed by atoms with Crippen LogP contribution >= 0.6 is 11.6 Å². The summed E-state index contributed by atoms with van der Waals surface area (Å²) in [4.78, 5) is 28.9. The lowest BCUT2D eigenvalue weighted by atomic mass is 10.0. The highest BCUT2D eigenvalue weighted by Crippen LogP contribution is 2.30. The van der Waals surface area contributed by atoms with Gasteiger partial charge >= 0.3 is 0 Å². The average molecular weight is 503 g/mol. The quantitative estimate of drug-likeness (QED) is 0.559. The maximum absolute atomic E-state index is 13.7. The van der Waals surface area contributed by atoms with Crippen molar-refractivity contribution in [3.63, 3.8) is 0 Å². The van der Waals surface area contributed by atoms with E-state index in [1.54, 1.807) is 34.2 Å². The average Bonchev–Trinajstić information content (AvgIpc) is 3.23. The van der Waals surface area contributed by atoms with Crippen LogP contribution < -0.4 is 5.14 Å². The van der Waals surface area contributed by atoms with Gasteiger partial charge in [-0.1, -0.05) is 35.9 Å². The van der Waals surface area contributed by atoms with Crippen LogP contribution in [0, 0.1) is 0 Å². The summed E-state index contributed by atoms with van der Waals surface area (Å²) in [7, 11) is -3.92. The zero-order valence-electron chi connectivity index (χ0n) is 18.9. The first kappa shape index (κ1) is 24.3. The Morgan fingerprint density at radius 3 is 2.32 bits per heavy atom. The second-order valence-corrected chi connectivity index (χ2v) is 10.4. The summed E-state index contributed by atoms with van der Waals surface area (Å²) in [6.45, 7) is 3.39. The van der Waals surface area contributed by atoms with Crippen molar-refractivity contribution in [2.45, 2.75) is 30.7 Å². The van der Waals surface area contributed by atoms with Crippen LogP contribution in [0.15, 0.2) is 59.6 Å². The van der Waals surface area contributed by atoms with E-state index in [1.807, 2.05) is 28.8 Å². The van der Waals surface area contributed by atoms with Crippen LogP contribution in [-0.4, -0.2) is 60.8 Å². The fourth-order valence-electron chi connectivity index (χ4n) is 4.51. The number of aromatic nitrogens is 1. The van der Waals surface area contributed by atoms with Gasteiger partial charge in [0.1, 0.15) is 6.04 Å². The highest BCUT2D eigenvalue weighted by atomic mass is 35.5. The first-order chi connectivity index (χ1) is 16.2. The molecule has 2 amide bonds. The third-order valence-corrected chi connectivity index (χ3v) is 7.67. The van der Waals surface area contributed by atoms with E-state index < -0.39 is 16.1 Å². The maximum Gasteiger partial charge on any atom is 0.245 e. The number of benzene rings is 2. The molecule has 1 atom stereocenters. The first-order valence-electron chi connectivity index (χ1n) is 11.1. The highest BCUT2D eigenvalue weighted by Gasteiger charge is 2.30. The molecular weight excluding hydrogens is 476 g/mol. The van der Waals surface area contributed by atoms with Crippen molar-refractivity contribution >= 4 is 44.3 Å². The number of primary sulfonamides is 1. The number of hydrogen-bond donors (Lipinski definition) is 1. The van der Waals surface area contributed by atoms with Crippen molar-refractivity contribution in [2.24, 2.45) is 5.14 Å². The van der Waals surface area contributed by atoms with Gasteiger partial charge in [0.2, 0.25) is 21.8 Å². The molecule has 3 aromatic rings. The Morgan fingerprint density at radius 2 is 1.68 bits per heavy atom. The normalized spacial score (nSPS) is 15.5. The summed E-state index contributed by atoms with van der Waals surface area (Å²) in [6, 6.07) is 13.5. The van der Waals surface area contributed by atoms with Gasteiger partial charge in [0.25, 0.3) is 0 Å². The first-order valence-corrected chi connectivity index (χ1v) is 13.0. The molecule has 1 fully saturated rings. The number of nitrogens with two attached hydrogens (primary N) is 1. The zero-order chi connectivity index (χ0) is 24.5. The molecule has 0 radical (unpaired) electrons. The van der Waals surface area contributed by atoms with Crippen molar-refractivity contribution < 1.29 is 18.0 Å². The summed E-state index contributed by atoms with van der Waals surface area (Å²) in [5.74, 6) is -0.0805. The second kappa shape index (κ2) is 9.77. The SMILES string of the molecule is CC(=O)N1CCN(C(=O)C(CCc2ccccc2Cl)n2ccc3c(S(N)(=O)=O)cccc32)CC1. The number of hydrogen-bond acceptors (Lipinski definition) is 4. The number of aryl methyl sites for hydroxylation is 1. The molecule has 34 heavy (non-hydrogen) atoms. The number of carbonyl (C=O) groups excluding carboxylic acids is 2. The van der Waals surface area contributed by atoms with Gasteiger partial charge in [-0.25, -0.2) is 13.6 Å². The van der Waals surface area contributed by atoms with Crippen LogP contribution in [0.4, 0.5) is 0 Å². The molecule has 10 heteroatoms. The predicted molar refractivity (Wildman–Crippen MR) is 131 cm³/mol. The minimum absolute atomic E-state index is 0.00528. The molecule has 1 aliphatic rings. The van der Waals surface area contributed by atoms with Gasteiger partial charge in [0.15, 0.2) is 0 Å². The van der Waals surface area contributed by atoms with Crippen LogP contribution in [0.25, 0.3) is 10.9 Å². The molecule has 1 saturated heterocycles. The molecule has 0 saturated carbocycles. The molecular formula is C24H27ClN4O4S. The Hall–Kier alpha value is -2.88. The van der Waals surface area contributed by atoms with E-state index in [4.69, 9.17) is 16.7 Å². The molecule has 2 aromatic carbocycles. The third kappa shape index (κ3) is 4.96. The molecule has 1 aliphatic heterocycles. The van der Waals surface area contributed by atoms with Crippen molar-refractivity contribution in [3.8, 4) is 0 Å². The van der Waals surface area contributed by atoms with Crippen LogP contribution in [0.1, 0.15) is 24.9 Å². The van der Waals surface area contributed by atoms with E-state index >= 15 is 0 Å². The lowest BCUT2D eigenvalue weighted by molar-refractivity contribution is -0.140. The minimum atomic E-state index is -3.92. The summed E-state index contributed by atoms with van der Waals surface area (Å²) < 4.78 is 26.0. The fraction of sp³-hybridized carbons (Fsp3) is 0.333. The molecule has 8 nitrogen and oxygen atoms in total. The van der Waals surface area contributed by atoms with E-state index in [1.165, 1.54) is 13.0 Å². The van der Waals surface area contributed by atoms with Crippen LogP contribution in [0.3, 0.4) is 0 Å². The lowest BCUT2D eigenvalue weighted by Gasteiger charge is -2.36. The number of carbonyl (C=O) groups is 2. The molecule has 1 aromatic heterocycles. The van der Waals surface area contributed by atoms with Gasteiger partial charge in [0.05, 0.1) is 10.4 Å². The third-order valence-electron chi connectivity index (χ3n) is 6.33. The van der Waals surface area contributed by atoms with E-state index in [9.17, 15) is 18.0 Å². The molecule has 0 aliphatic carbocycles. The Labute approximate surface area is 203 Å².